The summed E-state index contributed by atoms with van der Waals surface area (Å²) in [4.78, 5) is 10.3. The van der Waals surface area contributed by atoms with E-state index in [0.717, 1.165) is 19.3 Å². The van der Waals surface area contributed by atoms with Crippen LogP contribution in [0.1, 0.15) is 71.1 Å². The molecule has 130 valence electrons. The standard InChI is InChI=1S/C20H32O3/c1-2-3-4-5-6-7-8-9-10-13-16-19(21)17-14-11-12-15-18-20(22)23/h6-7,9-11,14,16,21H,2-5,8,12-13,15,17-18H2,1H3,(H,22,23). The van der Waals surface area contributed by atoms with Gasteiger partial charge in [-0.3, -0.25) is 4.79 Å². The zero-order valence-corrected chi connectivity index (χ0v) is 14.4. The molecule has 3 nitrogen and oxygen atoms in total. The molecule has 0 aromatic heterocycles. The third-order valence-electron chi connectivity index (χ3n) is 3.32. The Morgan fingerprint density at radius 1 is 0.826 bits per heavy atom. The summed E-state index contributed by atoms with van der Waals surface area (Å²) in [6.07, 6.45) is 23.0. The monoisotopic (exact) mass is 320 g/mol. The summed E-state index contributed by atoms with van der Waals surface area (Å²) >= 11 is 0. The second kappa shape index (κ2) is 16.6. The molecule has 0 aliphatic carbocycles. The lowest BCUT2D eigenvalue weighted by molar-refractivity contribution is -0.137. The van der Waals surface area contributed by atoms with Gasteiger partial charge in [0.05, 0.1) is 5.76 Å². The molecule has 0 saturated heterocycles. The van der Waals surface area contributed by atoms with Crippen LogP contribution >= 0.6 is 0 Å². The van der Waals surface area contributed by atoms with E-state index < -0.39 is 5.97 Å². The maximum absolute atomic E-state index is 10.3. The number of unbranched alkanes of at least 4 members (excludes halogenated alkanes) is 4. The number of allylic oxidation sites excluding steroid dienone is 7. The SMILES string of the molecule is CCCCCC=CCC=CCC=C(O)CC=CCCCC(=O)O. The van der Waals surface area contributed by atoms with E-state index in [1.165, 1.54) is 25.7 Å². The minimum absolute atomic E-state index is 0.198. The molecule has 0 atom stereocenters. The van der Waals surface area contributed by atoms with Gasteiger partial charge in [-0.05, 0) is 44.6 Å². The fraction of sp³-hybridized carbons (Fsp3) is 0.550. The van der Waals surface area contributed by atoms with E-state index in [4.69, 9.17) is 5.11 Å². The molecule has 0 unspecified atom stereocenters. The first-order valence-corrected chi connectivity index (χ1v) is 8.71. The van der Waals surface area contributed by atoms with Crippen LogP contribution in [0.15, 0.2) is 48.3 Å². The lowest BCUT2D eigenvalue weighted by atomic mass is 10.2. The van der Waals surface area contributed by atoms with E-state index in [1.807, 2.05) is 18.2 Å². The first-order chi connectivity index (χ1) is 11.2. The van der Waals surface area contributed by atoms with Crippen molar-refractivity contribution in [1.82, 2.24) is 0 Å². The first-order valence-electron chi connectivity index (χ1n) is 8.71. The second-order valence-electron chi connectivity index (χ2n) is 5.57. The first kappa shape index (κ1) is 21.2. The van der Waals surface area contributed by atoms with Crippen LogP contribution < -0.4 is 0 Å². The number of rotatable bonds is 14. The average molecular weight is 320 g/mol. The molecule has 3 heteroatoms. The smallest absolute Gasteiger partial charge is 0.303 e. The van der Waals surface area contributed by atoms with Crippen molar-refractivity contribution in [3.8, 4) is 0 Å². The van der Waals surface area contributed by atoms with Gasteiger partial charge in [0.15, 0.2) is 0 Å². The van der Waals surface area contributed by atoms with E-state index in [-0.39, 0.29) is 6.42 Å². The Hall–Kier alpha value is -1.77. The quantitative estimate of drug-likeness (QED) is 0.231. The summed E-state index contributed by atoms with van der Waals surface area (Å²) in [6, 6.07) is 0. The van der Waals surface area contributed by atoms with Crippen molar-refractivity contribution in [2.45, 2.75) is 71.1 Å². The fourth-order valence-electron chi connectivity index (χ4n) is 1.98. The Bertz CT molecular complexity index is 403. The van der Waals surface area contributed by atoms with Crippen LogP contribution in [0.4, 0.5) is 0 Å². The van der Waals surface area contributed by atoms with Gasteiger partial charge in [-0.15, -0.1) is 0 Å². The topological polar surface area (TPSA) is 57.5 Å². The summed E-state index contributed by atoms with van der Waals surface area (Å²) < 4.78 is 0. The molecule has 0 bridgehead atoms. The summed E-state index contributed by atoms with van der Waals surface area (Å²) in [7, 11) is 0. The van der Waals surface area contributed by atoms with Gasteiger partial charge >= 0.3 is 5.97 Å². The Kier molecular flexibility index (Phi) is 15.3. The van der Waals surface area contributed by atoms with Crippen molar-refractivity contribution in [3.05, 3.63) is 48.3 Å². The van der Waals surface area contributed by atoms with E-state index in [1.54, 1.807) is 0 Å². The van der Waals surface area contributed by atoms with E-state index >= 15 is 0 Å². The normalized spacial score (nSPS) is 12.8. The Morgan fingerprint density at radius 2 is 1.48 bits per heavy atom. The molecule has 2 N–H and O–H groups in total. The number of hydrogen-bond acceptors (Lipinski definition) is 2. The molecule has 0 aromatic rings. The highest BCUT2D eigenvalue weighted by Gasteiger charge is 1.93. The number of carboxylic acid groups (broad SMARTS) is 1. The molecular formula is C20H32O3. The zero-order valence-electron chi connectivity index (χ0n) is 14.4. The van der Waals surface area contributed by atoms with Crippen molar-refractivity contribution in [2.75, 3.05) is 0 Å². The highest BCUT2D eigenvalue weighted by Crippen LogP contribution is 2.04. The van der Waals surface area contributed by atoms with E-state index in [0.29, 0.717) is 18.6 Å². The predicted molar refractivity (Wildman–Crippen MR) is 97.6 cm³/mol. The van der Waals surface area contributed by atoms with E-state index in [9.17, 15) is 9.90 Å². The summed E-state index contributed by atoms with van der Waals surface area (Å²) in [5.41, 5.74) is 0. The van der Waals surface area contributed by atoms with Crippen LogP contribution in [-0.2, 0) is 4.79 Å². The van der Waals surface area contributed by atoms with Gasteiger partial charge < -0.3 is 10.2 Å². The Labute approximate surface area is 141 Å². The number of aliphatic carboxylic acids is 1. The van der Waals surface area contributed by atoms with Gasteiger partial charge in [0.25, 0.3) is 0 Å². The highest BCUT2D eigenvalue weighted by atomic mass is 16.4. The highest BCUT2D eigenvalue weighted by molar-refractivity contribution is 5.66. The largest absolute Gasteiger partial charge is 0.512 e. The van der Waals surface area contributed by atoms with Crippen LogP contribution in [0.3, 0.4) is 0 Å². The number of carboxylic acids is 1. The molecule has 0 heterocycles. The lowest BCUT2D eigenvalue weighted by Crippen LogP contribution is -1.92. The van der Waals surface area contributed by atoms with Crippen LogP contribution in [0.5, 0.6) is 0 Å². The van der Waals surface area contributed by atoms with E-state index in [2.05, 4.69) is 31.2 Å². The van der Waals surface area contributed by atoms with Crippen molar-refractivity contribution in [1.29, 1.82) is 0 Å². The molecule has 0 amide bonds. The Morgan fingerprint density at radius 3 is 2.22 bits per heavy atom. The van der Waals surface area contributed by atoms with Crippen LogP contribution in [0, 0.1) is 0 Å². The van der Waals surface area contributed by atoms with Gasteiger partial charge in [0.1, 0.15) is 0 Å². The van der Waals surface area contributed by atoms with Crippen LogP contribution in [0.2, 0.25) is 0 Å². The van der Waals surface area contributed by atoms with Gasteiger partial charge in [-0.25, -0.2) is 0 Å². The van der Waals surface area contributed by atoms with Gasteiger partial charge in [-0.2, -0.15) is 0 Å². The molecule has 23 heavy (non-hydrogen) atoms. The third-order valence-corrected chi connectivity index (χ3v) is 3.32. The predicted octanol–water partition coefficient (Wildman–Crippen LogP) is 6.10. The third kappa shape index (κ3) is 18.2. The minimum atomic E-state index is -0.760. The molecule has 0 aromatic carbocycles. The number of carbonyl (C=O) groups is 1. The van der Waals surface area contributed by atoms with Crippen molar-refractivity contribution in [3.63, 3.8) is 0 Å². The summed E-state index contributed by atoms with van der Waals surface area (Å²) in [5.74, 6) is -0.400. The zero-order chi connectivity index (χ0) is 17.2. The summed E-state index contributed by atoms with van der Waals surface area (Å²) in [5, 5.41) is 18.2. The molecule has 0 spiro atoms. The molecule has 0 saturated carbocycles. The van der Waals surface area contributed by atoms with Crippen molar-refractivity contribution < 1.29 is 15.0 Å². The number of aliphatic hydroxyl groups excluding tert-OH is 1. The van der Waals surface area contributed by atoms with Crippen LogP contribution in [0.25, 0.3) is 0 Å². The molecule has 0 radical (unpaired) electrons. The molecular weight excluding hydrogens is 288 g/mol. The molecule has 0 aliphatic heterocycles. The van der Waals surface area contributed by atoms with Crippen molar-refractivity contribution >= 4 is 5.97 Å². The average Bonchev–Trinajstić information content (AvgIpc) is 2.52. The number of hydrogen-bond donors (Lipinski definition) is 2. The van der Waals surface area contributed by atoms with Crippen LogP contribution in [-0.4, -0.2) is 16.2 Å². The fourth-order valence-corrected chi connectivity index (χ4v) is 1.98. The van der Waals surface area contributed by atoms with Gasteiger partial charge in [0, 0.05) is 12.8 Å². The molecule has 0 aliphatic rings. The van der Waals surface area contributed by atoms with Crippen molar-refractivity contribution in [2.24, 2.45) is 0 Å². The second-order valence-corrected chi connectivity index (χ2v) is 5.57. The molecule has 0 rings (SSSR count). The molecule has 0 fully saturated rings. The number of aliphatic hydroxyl groups is 1. The van der Waals surface area contributed by atoms with Gasteiger partial charge in [0.2, 0.25) is 0 Å². The maximum atomic E-state index is 10.3. The van der Waals surface area contributed by atoms with Gasteiger partial charge in [-0.1, -0.05) is 56.2 Å². The summed E-state index contributed by atoms with van der Waals surface area (Å²) in [6.45, 7) is 2.21. The Balaban J connectivity index is 3.63. The maximum Gasteiger partial charge on any atom is 0.303 e. The minimum Gasteiger partial charge on any atom is -0.512 e. The lowest BCUT2D eigenvalue weighted by Gasteiger charge is -1.94.